The Balaban J connectivity index is 1.44. The van der Waals surface area contributed by atoms with Gasteiger partial charge in [0.1, 0.15) is 5.69 Å². The predicted octanol–water partition coefficient (Wildman–Crippen LogP) is 1.97. The van der Waals surface area contributed by atoms with Crippen LogP contribution in [0.15, 0.2) is 24.4 Å². The van der Waals surface area contributed by atoms with E-state index in [1.54, 1.807) is 0 Å². The number of ether oxygens (including phenoxy) is 1. The number of amides is 1. The molecule has 1 atom stereocenters. The van der Waals surface area contributed by atoms with Gasteiger partial charge in [0.05, 0.1) is 19.4 Å². The smallest absolute Gasteiger partial charge is 0.272 e. The van der Waals surface area contributed by atoms with E-state index in [0.29, 0.717) is 37.9 Å². The molecule has 0 saturated carbocycles. The van der Waals surface area contributed by atoms with E-state index in [1.165, 1.54) is 5.56 Å². The second kappa shape index (κ2) is 8.19. The lowest BCUT2D eigenvalue weighted by atomic mass is 9.93. The number of likely N-dealkylation sites (tertiary alicyclic amines) is 1. The lowest BCUT2D eigenvalue weighted by Crippen LogP contribution is -2.41. The number of nitrogens with zero attached hydrogens (tertiary/aromatic N) is 4. The molecule has 27 heavy (non-hydrogen) atoms. The number of carbonyl (C=O) groups is 1. The van der Waals surface area contributed by atoms with E-state index in [-0.39, 0.29) is 5.91 Å². The van der Waals surface area contributed by atoms with Gasteiger partial charge in [-0.3, -0.25) is 14.8 Å². The Kier molecular flexibility index (Phi) is 5.50. The molecule has 0 spiro atoms. The Morgan fingerprint density at radius 2 is 2.15 bits per heavy atom. The van der Waals surface area contributed by atoms with E-state index in [1.807, 2.05) is 23.2 Å². The van der Waals surface area contributed by atoms with Crippen LogP contribution in [0.3, 0.4) is 0 Å². The SMILES string of the molecule is Cc1[nH]ncc1CN1CCCC(c2cccc(C(=O)N3CCOCC3)n2)C1. The molecule has 7 nitrogen and oxygen atoms in total. The summed E-state index contributed by atoms with van der Waals surface area (Å²) in [4.78, 5) is 21.8. The van der Waals surface area contributed by atoms with Crippen LogP contribution in [-0.2, 0) is 11.3 Å². The summed E-state index contributed by atoms with van der Waals surface area (Å²) in [5.74, 6) is 0.380. The topological polar surface area (TPSA) is 74.4 Å². The minimum Gasteiger partial charge on any atom is -0.378 e. The number of aromatic nitrogens is 3. The molecule has 1 amide bonds. The van der Waals surface area contributed by atoms with Gasteiger partial charge < -0.3 is 9.64 Å². The normalized spacial score (nSPS) is 21.4. The molecule has 0 bridgehead atoms. The number of rotatable bonds is 4. The molecule has 1 unspecified atom stereocenters. The van der Waals surface area contributed by atoms with Gasteiger partial charge in [0.25, 0.3) is 5.91 Å². The largest absolute Gasteiger partial charge is 0.378 e. The van der Waals surface area contributed by atoms with Crippen molar-refractivity contribution in [2.45, 2.75) is 32.2 Å². The Morgan fingerprint density at radius 3 is 2.93 bits per heavy atom. The van der Waals surface area contributed by atoms with Crippen molar-refractivity contribution in [3.63, 3.8) is 0 Å². The van der Waals surface area contributed by atoms with Crippen molar-refractivity contribution in [3.05, 3.63) is 47.0 Å². The van der Waals surface area contributed by atoms with E-state index in [2.05, 4.69) is 28.1 Å². The Hall–Kier alpha value is -2.25. The van der Waals surface area contributed by atoms with Gasteiger partial charge in [-0.25, -0.2) is 4.98 Å². The Morgan fingerprint density at radius 1 is 1.30 bits per heavy atom. The molecular formula is C20H27N5O2. The van der Waals surface area contributed by atoms with Crippen LogP contribution in [0.2, 0.25) is 0 Å². The summed E-state index contributed by atoms with van der Waals surface area (Å²) in [6.07, 6.45) is 4.17. The van der Waals surface area contributed by atoms with Crippen LogP contribution in [0.4, 0.5) is 0 Å². The van der Waals surface area contributed by atoms with E-state index < -0.39 is 0 Å². The van der Waals surface area contributed by atoms with E-state index in [4.69, 9.17) is 9.72 Å². The number of aromatic amines is 1. The summed E-state index contributed by atoms with van der Waals surface area (Å²) in [6, 6.07) is 5.86. The summed E-state index contributed by atoms with van der Waals surface area (Å²) < 4.78 is 5.34. The van der Waals surface area contributed by atoms with Crippen molar-refractivity contribution in [2.75, 3.05) is 39.4 Å². The number of pyridine rings is 1. The van der Waals surface area contributed by atoms with Crippen molar-refractivity contribution in [2.24, 2.45) is 0 Å². The highest BCUT2D eigenvalue weighted by Crippen LogP contribution is 2.27. The zero-order chi connectivity index (χ0) is 18.6. The number of carbonyl (C=O) groups excluding carboxylic acids is 1. The molecule has 4 rings (SSSR count). The molecule has 144 valence electrons. The van der Waals surface area contributed by atoms with E-state index >= 15 is 0 Å². The fraction of sp³-hybridized carbons (Fsp3) is 0.550. The monoisotopic (exact) mass is 369 g/mol. The molecule has 4 heterocycles. The maximum absolute atomic E-state index is 12.7. The van der Waals surface area contributed by atoms with Crippen LogP contribution < -0.4 is 0 Å². The van der Waals surface area contributed by atoms with Gasteiger partial charge in [0.15, 0.2) is 0 Å². The maximum atomic E-state index is 12.7. The summed E-state index contributed by atoms with van der Waals surface area (Å²) in [5.41, 5.74) is 3.97. The molecule has 2 fully saturated rings. The fourth-order valence-corrected chi connectivity index (χ4v) is 3.94. The van der Waals surface area contributed by atoms with E-state index in [9.17, 15) is 4.79 Å². The summed E-state index contributed by atoms with van der Waals surface area (Å²) in [7, 11) is 0. The minimum atomic E-state index is 0.0156. The molecule has 0 aliphatic carbocycles. The van der Waals surface area contributed by atoms with Crippen LogP contribution in [0, 0.1) is 6.92 Å². The van der Waals surface area contributed by atoms with Crippen LogP contribution in [0.5, 0.6) is 0 Å². The van der Waals surface area contributed by atoms with Crippen LogP contribution >= 0.6 is 0 Å². The lowest BCUT2D eigenvalue weighted by Gasteiger charge is -2.32. The lowest BCUT2D eigenvalue weighted by molar-refractivity contribution is 0.0298. The first kappa shape index (κ1) is 18.1. The molecule has 2 aromatic heterocycles. The van der Waals surface area contributed by atoms with Gasteiger partial charge in [-0.05, 0) is 38.4 Å². The third kappa shape index (κ3) is 4.20. The average Bonchev–Trinajstić information content (AvgIpc) is 3.13. The zero-order valence-electron chi connectivity index (χ0n) is 15.9. The van der Waals surface area contributed by atoms with E-state index in [0.717, 1.165) is 43.9 Å². The van der Waals surface area contributed by atoms with Gasteiger partial charge in [0, 0.05) is 49.0 Å². The molecule has 2 saturated heterocycles. The van der Waals surface area contributed by atoms with Crippen LogP contribution in [0.1, 0.15) is 46.2 Å². The molecule has 7 heteroatoms. The molecule has 2 aromatic rings. The van der Waals surface area contributed by atoms with Crippen molar-refractivity contribution >= 4 is 5.91 Å². The van der Waals surface area contributed by atoms with Gasteiger partial charge in [-0.2, -0.15) is 5.10 Å². The number of hydrogen-bond acceptors (Lipinski definition) is 5. The number of aryl methyl sites for hydroxylation is 1. The molecule has 2 aliphatic rings. The first-order valence-corrected chi connectivity index (χ1v) is 9.76. The Labute approximate surface area is 159 Å². The summed E-state index contributed by atoms with van der Waals surface area (Å²) >= 11 is 0. The first-order chi connectivity index (χ1) is 13.2. The minimum absolute atomic E-state index is 0.0156. The third-order valence-electron chi connectivity index (χ3n) is 5.54. The van der Waals surface area contributed by atoms with Crippen molar-refractivity contribution in [1.29, 1.82) is 0 Å². The van der Waals surface area contributed by atoms with Gasteiger partial charge in [0.2, 0.25) is 0 Å². The number of H-pyrrole nitrogens is 1. The quantitative estimate of drug-likeness (QED) is 0.892. The standard InChI is InChI=1S/C20H27N5O2/c1-15-17(12-21-23-15)14-24-7-3-4-16(13-24)18-5-2-6-19(22-18)20(26)25-8-10-27-11-9-25/h2,5-6,12,16H,3-4,7-11,13-14H2,1H3,(H,21,23). The molecule has 1 N–H and O–H groups in total. The summed E-state index contributed by atoms with van der Waals surface area (Å²) in [5, 5.41) is 7.14. The second-order valence-corrected chi connectivity index (χ2v) is 7.45. The highest BCUT2D eigenvalue weighted by atomic mass is 16.5. The van der Waals surface area contributed by atoms with Crippen LogP contribution in [0.25, 0.3) is 0 Å². The average molecular weight is 369 g/mol. The van der Waals surface area contributed by atoms with Crippen molar-refractivity contribution in [1.82, 2.24) is 25.0 Å². The second-order valence-electron chi connectivity index (χ2n) is 7.45. The van der Waals surface area contributed by atoms with Gasteiger partial charge in [-0.15, -0.1) is 0 Å². The van der Waals surface area contributed by atoms with Gasteiger partial charge >= 0.3 is 0 Å². The Bertz CT molecular complexity index is 784. The third-order valence-corrected chi connectivity index (χ3v) is 5.54. The molecule has 0 radical (unpaired) electrons. The molecule has 2 aliphatic heterocycles. The van der Waals surface area contributed by atoms with Crippen molar-refractivity contribution < 1.29 is 9.53 Å². The number of nitrogens with one attached hydrogen (secondary N) is 1. The highest BCUT2D eigenvalue weighted by Gasteiger charge is 2.25. The summed E-state index contributed by atoms with van der Waals surface area (Å²) in [6.45, 7) is 7.53. The number of piperidine rings is 1. The van der Waals surface area contributed by atoms with Crippen molar-refractivity contribution in [3.8, 4) is 0 Å². The highest BCUT2D eigenvalue weighted by molar-refractivity contribution is 5.92. The number of hydrogen-bond donors (Lipinski definition) is 1. The van der Waals surface area contributed by atoms with Crippen LogP contribution in [-0.4, -0.2) is 70.3 Å². The first-order valence-electron chi connectivity index (χ1n) is 9.76. The fourth-order valence-electron chi connectivity index (χ4n) is 3.94. The zero-order valence-corrected chi connectivity index (χ0v) is 15.9. The molecule has 0 aromatic carbocycles. The predicted molar refractivity (Wildman–Crippen MR) is 102 cm³/mol. The van der Waals surface area contributed by atoms with Gasteiger partial charge in [-0.1, -0.05) is 6.07 Å². The molecular weight excluding hydrogens is 342 g/mol. The maximum Gasteiger partial charge on any atom is 0.272 e. The number of morpholine rings is 1.